The second kappa shape index (κ2) is 10.4. The standard InChI is InChI=1S/C28H33FN2O3/c1-19(2)27(32)31-16-10-6-4-5-9-15-30(18-21-11-7-8-12-24(21)31)28(33)26-20(3)23-17-22(29)13-14-25(23)34-26/h7-8,11-14,17,19H,4-6,9-10,15-16,18H2,1-3H3. The molecule has 0 saturated carbocycles. The smallest absolute Gasteiger partial charge is 0.290 e. The van der Waals surface area contributed by atoms with Gasteiger partial charge >= 0.3 is 0 Å². The van der Waals surface area contributed by atoms with E-state index in [0.717, 1.165) is 43.4 Å². The summed E-state index contributed by atoms with van der Waals surface area (Å²) in [5, 5.41) is 0.617. The molecule has 0 spiro atoms. The van der Waals surface area contributed by atoms with E-state index in [9.17, 15) is 14.0 Å². The molecular weight excluding hydrogens is 431 g/mol. The first kappa shape index (κ1) is 24.0. The molecule has 1 aromatic heterocycles. The summed E-state index contributed by atoms with van der Waals surface area (Å²) in [4.78, 5) is 30.5. The van der Waals surface area contributed by atoms with Crippen molar-refractivity contribution in [2.24, 2.45) is 5.92 Å². The summed E-state index contributed by atoms with van der Waals surface area (Å²) in [6, 6.07) is 12.2. The van der Waals surface area contributed by atoms with E-state index in [1.54, 1.807) is 17.9 Å². The third-order valence-corrected chi connectivity index (χ3v) is 6.59. The van der Waals surface area contributed by atoms with E-state index >= 15 is 0 Å². The minimum atomic E-state index is -0.356. The Morgan fingerprint density at radius 3 is 2.44 bits per heavy atom. The van der Waals surface area contributed by atoms with E-state index < -0.39 is 0 Å². The van der Waals surface area contributed by atoms with Crippen LogP contribution in [0.1, 0.15) is 67.6 Å². The highest BCUT2D eigenvalue weighted by Crippen LogP contribution is 2.30. The molecule has 0 bridgehead atoms. The van der Waals surface area contributed by atoms with Gasteiger partial charge in [-0.3, -0.25) is 9.59 Å². The van der Waals surface area contributed by atoms with Crippen LogP contribution in [0.5, 0.6) is 0 Å². The second-order valence-corrected chi connectivity index (χ2v) is 9.46. The minimum absolute atomic E-state index is 0.0949. The highest BCUT2D eigenvalue weighted by Gasteiger charge is 2.27. The second-order valence-electron chi connectivity index (χ2n) is 9.46. The van der Waals surface area contributed by atoms with E-state index in [1.807, 2.05) is 43.0 Å². The molecule has 6 heteroatoms. The van der Waals surface area contributed by atoms with Crippen molar-refractivity contribution in [3.8, 4) is 0 Å². The maximum absolute atomic E-state index is 13.8. The van der Waals surface area contributed by atoms with Crippen LogP contribution >= 0.6 is 0 Å². The molecule has 180 valence electrons. The topological polar surface area (TPSA) is 53.8 Å². The van der Waals surface area contributed by atoms with Crippen LogP contribution in [-0.2, 0) is 11.3 Å². The van der Waals surface area contributed by atoms with Gasteiger partial charge in [-0.05, 0) is 49.6 Å². The molecule has 0 radical (unpaired) electrons. The number of nitrogens with zero attached hydrogens (tertiary/aromatic N) is 2. The first-order chi connectivity index (χ1) is 16.4. The van der Waals surface area contributed by atoms with Crippen LogP contribution < -0.4 is 4.90 Å². The zero-order valence-electron chi connectivity index (χ0n) is 20.3. The summed E-state index contributed by atoms with van der Waals surface area (Å²) < 4.78 is 19.7. The van der Waals surface area contributed by atoms with Crippen molar-refractivity contribution >= 4 is 28.5 Å². The van der Waals surface area contributed by atoms with E-state index in [4.69, 9.17) is 4.42 Å². The predicted octanol–water partition coefficient (Wildman–Crippen LogP) is 6.48. The number of fused-ring (bicyclic) bond motifs is 2. The van der Waals surface area contributed by atoms with Gasteiger partial charge in [-0.15, -0.1) is 0 Å². The van der Waals surface area contributed by atoms with E-state index in [0.29, 0.717) is 36.2 Å². The van der Waals surface area contributed by atoms with E-state index in [2.05, 4.69) is 0 Å². The quantitative estimate of drug-likeness (QED) is 0.436. The summed E-state index contributed by atoms with van der Waals surface area (Å²) >= 11 is 0. The lowest BCUT2D eigenvalue weighted by Gasteiger charge is -2.30. The Hall–Kier alpha value is -3.15. The van der Waals surface area contributed by atoms with Gasteiger partial charge in [-0.25, -0.2) is 4.39 Å². The predicted molar refractivity (Wildman–Crippen MR) is 132 cm³/mol. The minimum Gasteiger partial charge on any atom is -0.451 e. The van der Waals surface area contributed by atoms with Crippen molar-refractivity contribution in [3.63, 3.8) is 0 Å². The number of anilines is 1. The van der Waals surface area contributed by atoms with Crippen molar-refractivity contribution in [1.29, 1.82) is 0 Å². The zero-order valence-corrected chi connectivity index (χ0v) is 20.3. The molecule has 0 aliphatic carbocycles. The van der Waals surface area contributed by atoms with Gasteiger partial charge in [0.05, 0.1) is 0 Å². The van der Waals surface area contributed by atoms with Crippen molar-refractivity contribution in [3.05, 3.63) is 65.2 Å². The lowest BCUT2D eigenvalue weighted by atomic mass is 10.0. The third-order valence-electron chi connectivity index (χ3n) is 6.59. The number of carbonyl (C=O) groups excluding carboxylic acids is 2. The first-order valence-corrected chi connectivity index (χ1v) is 12.2. The molecule has 3 aromatic rings. The third kappa shape index (κ3) is 5.01. The van der Waals surface area contributed by atoms with Crippen LogP contribution in [-0.4, -0.2) is 29.8 Å². The fraction of sp³-hybridized carbons (Fsp3) is 0.429. The van der Waals surface area contributed by atoms with Crippen molar-refractivity contribution < 1.29 is 18.4 Å². The molecule has 2 amide bonds. The molecule has 4 rings (SSSR count). The number of benzene rings is 2. The van der Waals surface area contributed by atoms with E-state index in [-0.39, 0.29) is 29.3 Å². The molecule has 0 N–H and O–H groups in total. The number of para-hydroxylation sites is 1. The summed E-state index contributed by atoms with van der Waals surface area (Å²) in [7, 11) is 0. The van der Waals surface area contributed by atoms with Gasteiger partial charge in [-0.2, -0.15) is 0 Å². The maximum Gasteiger partial charge on any atom is 0.290 e. The highest BCUT2D eigenvalue weighted by atomic mass is 19.1. The molecule has 0 atom stereocenters. The van der Waals surface area contributed by atoms with Gasteiger partial charge in [0.2, 0.25) is 5.91 Å². The van der Waals surface area contributed by atoms with Crippen molar-refractivity contribution in [1.82, 2.24) is 4.90 Å². The van der Waals surface area contributed by atoms with E-state index in [1.165, 1.54) is 12.1 Å². The van der Waals surface area contributed by atoms with Crippen molar-refractivity contribution in [2.45, 2.75) is 59.4 Å². The lowest BCUT2D eigenvalue weighted by Crippen LogP contribution is -2.37. The Bertz CT molecular complexity index is 1180. The molecule has 0 fully saturated rings. The highest BCUT2D eigenvalue weighted by molar-refractivity contribution is 5.99. The zero-order chi connectivity index (χ0) is 24.2. The normalized spacial score (nSPS) is 15.7. The summed E-state index contributed by atoms with van der Waals surface area (Å²) in [6.45, 7) is 7.29. The lowest BCUT2D eigenvalue weighted by molar-refractivity contribution is -0.121. The molecular formula is C28H33FN2O3. The fourth-order valence-electron chi connectivity index (χ4n) is 4.67. The van der Waals surface area contributed by atoms with Crippen molar-refractivity contribution in [2.75, 3.05) is 18.0 Å². The number of aryl methyl sites for hydroxylation is 1. The van der Waals surface area contributed by atoms with Crippen LogP contribution in [0.3, 0.4) is 0 Å². The van der Waals surface area contributed by atoms with Gasteiger partial charge in [-0.1, -0.05) is 51.3 Å². The Morgan fingerprint density at radius 2 is 1.68 bits per heavy atom. The Balaban J connectivity index is 1.71. The largest absolute Gasteiger partial charge is 0.451 e. The number of carbonyl (C=O) groups is 2. The van der Waals surface area contributed by atoms with Gasteiger partial charge in [0.15, 0.2) is 5.76 Å². The molecule has 0 unspecified atom stereocenters. The average molecular weight is 465 g/mol. The molecule has 34 heavy (non-hydrogen) atoms. The van der Waals surface area contributed by atoms with Crippen LogP contribution in [0.4, 0.5) is 10.1 Å². The fourth-order valence-corrected chi connectivity index (χ4v) is 4.67. The SMILES string of the molecule is Cc1c(C(=O)N2CCCCCCCN(C(=O)C(C)C)c3ccccc3C2)oc2ccc(F)cc12. The van der Waals surface area contributed by atoms with Crippen LogP contribution in [0.15, 0.2) is 46.9 Å². The summed E-state index contributed by atoms with van der Waals surface area (Å²) in [5.74, 6) is -0.330. The molecule has 5 nitrogen and oxygen atoms in total. The monoisotopic (exact) mass is 464 g/mol. The Labute approximate surface area is 200 Å². The number of rotatable bonds is 2. The summed E-state index contributed by atoms with van der Waals surface area (Å²) in [6.07, 6.45) is 5.00. The number of amides is 2. The number of hydrogen-bond donors (Lipinski definition) is 0. The number of furan rings is 1. The molecule has 1 aliphatic rings. The first-order valence-electron chi connectivity index (χ1n) is 12.2. The molecule has 0 saturated heterocycles. The Morgan fingerprint density at radius 1 is 0.971 bits per heavy atom. The number of halogens is 1. The Kier molecular flexibility index (Phi) is 7.35. The number of hydrogen-bond acceptors (Lipinski definition) is 3. The van der Waals surface area contributed by atoms with Crippen LogP contribution in [0.2, 0.25) is 0 Å². The van der Waals surface area contributed by atoms with Gasteiger partial charge in [0.1, 0.15) is 11.4 Å². The van der Waals surface area contributed by atoms with Crippen LogP contribution in [0.25, 0.3) is 11.0 Å². The average Bonchev–Trinajstić information content (AvgIpc) is 3.14. The van der Waals surface area contributed by atoms with Gasteiger partial charge in [0, 0.05) is 42.2 Å². The summed E-state index contributed by atoms with van der Waals surface area (Å²) in [5.41, 5.74) is 2.95. The van der Waals surface area contributed by atoms with Crippen LogP contribution in [0, 0.1) is 18.7 Å². The molecule has 2 aromatic carbocycles. The molecule has 1 aliphatic heterocycles. The maximum atomic E-state index is 13.8. The molecule has 2 heterocycles. The van der Waals surface area contributed by atoms with Gasteiger partial charge < -0.3 is 14.2 Å². The van der Waals surface area contributed by atoms with Gasteiger partial charge in [0.25, 0.3) is 5.91 Å².